The molecule has 3 heterocycles. The number of carbonyl (C=O) groups excluding carboxylic acids is 1. The lowest BCUT2D eigenvalue weighted by Gasteiger charge is -2.25. The zero-order valence-electron chi connectivity index (χ0n) is 24.4. The summed E-state index contributed by atoms with van der Waals surface area (Å²) in [4.78, 5) is 43.0. The van der Waals surface area contributed by atoms with Crippen LogP contribution in [-0.4, -0.2) is 26.6 Å². The highest BCUT2D eigenvalue weighted by molar-refractivity contribution is 7.07. The van der Waals surface area contributed by atoms with Gasteiger partial charge in [-0.05, 0) is 74.6 Å². The third kappa shape index (κ3) is 5.14. The van der Waals surface area contributed by atoms with E-state index >= 15 is 0 Å². The van der Waals surface area contributed by atoms with Gasteiger partial charge in [-0.1, -0.05) is 49.4 Å². The van der Waals surface area contributed by atoms with Crippen molar-refractivity contribution < 1.29 is 14.5 Å². The van der Waals surface area contributed by atoms with Crippen LogP contribution in [0.15, 0.2) is 75.7 Å². The highest BCUT2D eigenvalue weighted by Gasteiger charge is 2.33. The third-order valence-corrected chi connectivity index (χ3v) is 8.49. The number of hydrogen-bond acceptors (Lipinski definition) is 7. The van der Waals surface area contributed by atoms with Gasteiger partial charge in [0.1, 0.15) is 0 Å². The predicted molar refractivity (Wildman–Crippen MR) is 163 cm³/mol. The van der Waals surface area contributed by atoms with Crippen molar-refractivity contribution in [2.75, 3.05) is 6.61 Å². The summed E-state index contributed by atoms with van der Waals surface area (Å²) in [6.07, 6.45) is 1.84. The topological polar surface area (TPSA) is 109 Å². The third-order valence-electron chi connectivity index (χ3n) is 7.51. The van der Waals surface area contributed by atoms with E-state index in [2.05, 4.69) is 18.8 Å². The van der Waals surface area contributed by atoms with Gasteiger partial charge in [0.05, 0.1) is 33.4 Å². The maximum Gasteiger partial charge on any atom is 0.338 e. The number of benzene rings is 2. The Kier molecular flexibility index (Phi) is 7.83. The van der Waals surface area contributed by atoms with Crippen molar-refractivity contribution in [1.29, 1.82) is 0 Å². The lowest BCUT2D eigenvalue weighted by Crippen LogP contribution is -2.39. The van der Waals surface area contributed by atoms with E-state index in [0.717, 1.165) is 33.8 Å². The monoisotopic (exact) mass is 584 g/mol. The van der Waals surface area contributed by atoms with E-state index in [1.807, 2.05) is 54.8 Å². The van der Waals surface area contributed by atoms with E-state index < -0.39 is 16.9 Å². The number of hydrogen-bond donors (Lipinski definition) is 0. The lowest BCUT2D eigenvalue weighted by molar-refractivity contribution is -0.384. The Hall–Kier alpha value is -4.57. The molecule has 0 fully saturated rings. The normalized spacial score (nSPS) is 15.1. The zero-order chi connectivity index (χ0) is 30.3. The molecular weight excluding hydrogens is 552 g/mol. The van der Waals surface area contributed by atoms with E-state index in [0.29, 0.717) is 26.5 Å². The fraction of sp³-hybridized carbons (Fsp3) is 0.281. The number of allylic oxidation sites excluding steroid dienone is 1. The van der Waals surface area contributed by atoms with Gasteiger partial charge in [-0.25, -0.2) is 9.79 Å². The standard InChI is InChI=1S/C32H32N4O5S/c1-7-41-31(38)28-20(5)33-32-35(29(28)23-10-8-22(9-11-23)18(2)3)30(37)27(42-32)17-24-16-19(4)34(21(24)6)25-12-14-26(15-13-25)36(39)40/h8-18,29H,7H2,1-6H3/b27-17-/t29-/m1/s1. The average molecular weight is 585 g/mol. The van der Waals surface area contributed by atoms with Crippen LogP contribution in [0, 0.1) is 24.0 Å². The second kappa shape index (κ2) is 11.4. The number of carbonyl (C=O) groups is 1. The van der Waals surface area contributed by atoms with Crippen LogP contribution in [0.5, 0.6) is 0 Å². The average Bonchev–Trinajstić information content (AvgIpc) is 3.41. The Balaban J connectivity index is 1.65. The van der Waals surface area contributed by atoms with E-state index in [4.69, 9.17) is 4.74 Å². The zero-order valence-corrected chi connectivity index (χ0v) is 25.2. The first-order valence-electron chi connectivity index (χ1n) is 13.7. The first-order valence-corrected chi connectivity index (χ1v) is 14.6. The number of aromatic nitrogens is 2. The van der Waals surface area contributed by atoms with Gasteiger partial charge < -0.3 is 9.30 Å². The van der Waals surface area contributed by atoms with Gasteiger partial charge in [0.15, 0.2) is 4.80 Å². The van der Waals surface area contributed by atoms with Crippen molar-refractivity contribution in [2.45, 2.75) is 53.5 Å². The number of non-ortho nitro benzene ring substituents is 1. The number of fused-ring (bicyclic) bond motifs is 1. The van der Waals surface area contributed by atoms with Gasteiger partial charge in [-0.3, -0.25) is 19.5 Å². The van der Waals surface area contributed by atoms with Crippen LogP contribution < -0.4 is 14.9 Å². The minimum atomic E-state index is -0.670. The molecule has 0 saturated carbocycles. The molecule has 0 saturated heterocycles. The summed E-state index contributed by atoms with van der Waals surface area (Å²) >= 11 is 1.28. The number of thiazole rings is 1. The maximum atomic E-state index is 14.0. The Morgan fingerprint density at radius 2 is 1.79 bits per heavy atom. The molecule has 216 valence electrons. The molecular formula is C32H32N4O5S. The van der Waals surface area contributed by atoms with Crippen LogP contribution in [0.1, 0.15) is 67.7 Å². The molecule has 0 spiro atoms. The first kappa shape index (κ1) is 28.9. The summed E-state index contributed by atoms with van der Waals surface area (Å²) in [5, 5.41) is 11.1. The van der Waals surface area contributed by atoms with Crippen LogP contribution >= 0.6 is 11.3 Å². The quantitative estimate of drug-likeness (QED) is 0.168. The number of rotatable bonds is 7. The summed E-state index contributed by atoms with van der Waals surface area (Å²) in [5.41, 5.74) is 6.06. The molecule has 2 aromatic carbocycles. The van der Waals surface area contributed by atoms with Gasteiger partial charge in [0.2, 0.25) is 0 Å². The molecule has 1 aliphatic heterocycles. The summed E-state index contributed by atoms with van der Waals surface area (Å²) in [6, 6.07) is 15.7. The van der Waals surface area contributed by atoms with Gasteiger partial charge in [0.25, 0.3) is 11.2 Å². The molecule has 0 bridgehead atoms. The Labute approximate surface area is 246 Å². The van der Waals surface area contributed by atoms with Crippen LogP contribution in [0.4, 0.5) is 5.69 Å². The van der Waals surface area contributed by atoms with Gasteiger partial charge in [0, 0.05) is 29.2 Å². The number of ether oxygens (including phenoxy) is 1. The van der Waals surface area contributed by atoms with Crippen molar-refractivity contribution in [2.24, 2.45) is 4.99 Å². The van der Waals surface area contributed by atoms with Crippen LogP contribution in [-0.2, 0) is 9.53 Å². The van der Waals surface area contributed by atoms with Gasteiger partial charge in [-0.2, -0.15) is 0 Å². The number of esters is 1. The smallest absolute Gasteiger partial charge is 0.338 e. The van der Waals surface area contributed by atoms with Crippen molar-refractivity contribution in [3.63, 3.8) is 0 Å². The molecule has 42 heavy (non-hydrogen) atoms. The number of nitro groups is 1. The van der Waals surface area contributed by atoms with Crippen molar-refractivity contribution >= 4 is 29.1 Å². The number of aryl methyl sites for hydroxylation is 1. The molecule has 0 N–H and O–H groups in total. The summed E-state index contributed by atoms with van der Waals surface area (Å²) in [5.74, 6) is -0.148. The van der Waals surface area contributed by atoms with E-state index in [9.17, 15) is 19.7 Å². The molecule has 4 aromatic rings. The molecule has 5 rings (SSSR count). The predicted octanol–water partition coefficient (Wildman–Crippen LogP) is 5.24. The van der Waals surface area contributed by atoms with E-state index in [-0.39, 0.29) is 17.9 Å². The second-order valence-electron chi connectivity index (χ2n) is 10.6. The van der Waals surface area contributed by atoms with Crippen molar-refractivity contribution in [1.82, 2.24) is 9.13 Å². The van der Waals surface area contributed by atoms with Crippen molar-refractivity contribution in [3.8, 4) is 5.69 Å². The summed E-state index contributed by atoms with van der Waals surface area (Å²) in [6.45, 7) is 11.9. The molecule has 1 aliphatic rings. The van der Waals surface area contributed by atoms with Crippen molar-refractivity contribution in [3.05, 3.63) is 124 Å². The second-order valence-corrected chi connectivity index (χ2v) is 11.6. The van der Waals surface area contributed by atoms with Crippen LogP contribution in [0.2, 0.25) is 0 Å². The Bertz CT molecular complexity index is 1910. The maximum absolute atomic E-state index is 14.0. The molecule has 0 aliphatic carbocycles. The molecule has 9 nitrogen and oxygen atoms in total. The van der Waals surface area contributed by atoms with Crippen LogP contribution in [0.25, 0.3) is 11.8 Å². The number of nitrogens with zero attached hydrogens (tertiary/aromatic N) is 4. The summed E-state index contributed by atoms with van der Waals surface area (Å²) < 4.78 is 9.47. The molecule has 2 aromatic heterocycles. The van der Waals surface area contributed by atoms with Gasteiger partial charge >= 0.3 is 5.97 Å². The van der Waals surface area contributed by atoms with E-state index in [1.54, 1.807) is 30.5 Å². The minimum absolute atomic E-state index is 0.0217. The highest BCUT2D eigenvalue weighted by Crippen LogP contribution is 2.31. The van der Waals surface area contributed by atoms with E-state index in [1.165, 1.54) is 23.5 Å². The Morgan fingerprint density at radius 3 is 2.38 bits per heavy atom. The highest BCUT2D eigenvalue weighted by atomic mass is 32.1. The first-order chi connectivity index (χ1) is 20.0. The summed E-state index contributed by atoms with van der Waals surface area (Å²) in [7, 11) is 0. The lowest BCUT2D eigenvalue weighted by atomic mass is 9.93. The fourth-order valence-electron chi connectivity index (χ4n) is 5.37. The number of nitro benzene ring substituents is 1. The van der Waals surface area contributed by atoms with Crippen LogP contribution in [0.3, 0.4) is 0 Å². The molecule has 10 heteroatoms. The molecule has 0 unspecified atom stereocenters. The minimum Gasteiger partial charge on any atom is -0.463 e. The largest absolute Gasteiger partial charge is 0.463 e. The fourth-order valence-corrected chi connectivity index (χ4v) is 6.40. The Morgan fingerprint density at radius 1 is 1.12 bits per heavy atom. The molecule has 1 atom stereocenters. The molecule has 0 radical (unpaired) electrons. The molecule has 0 amide bonds. The SMILES string of the molecule is CCOC(=O)C1=C(C)N=c2s/c(=C\c3cc(C)n(-c4ccc([N+](=O)[O-])cc4)c3C)c(=O)n2[C@@H]1c1ccc(C(C)C)cc1. The van der Waals surface area contributed by atoms with Gasteiger partial charge in [-0.15, -0.1) is 0 Å².